The molecule has 214 valence electrons. The summed E-state index contributed by atoms with van der Waals surface area (Å²) in [6.07, 6.45) is 0. The zero-order valence-corrected chi connectivity index (χ0v) is 25.3. The molecular formula is C46H30. The molecule has 46 heavy (non-hydrogen) atoms. The Hall–Kier alpha value is -5.98. The highest BCUT2D eigenvalue weighted by Gasteiger charge is 2.18. The minimum atomic E-state index is 1.23. The first-order valence-electron chi connectivity index (χ1n) is 15.9. The molecule has 0 spiro atoms. The van der Waals surface area contributed by atoms with Crippen molar-refractivity contribution in [3.8, 4) is 44.5 Å². The van der Waals surface area contributed by atoms with E-state index in [1.807, 2.05) is 0 Å². The summed E-state index contributed by atoms with van der Waals surface area (Å²) >= 11 is 0. The molecule has 0 fully saturated rings. The van der Waals surface area contributed by atoms with Crippen molar-refractivity contribution in [1.82, 2.24) is 0 Å². The minimum absolute atomic E-state index is 1.23. The molecule has 0 amide bonds. The molecule has 0 aliphatic heterocycles. The van der Waals surface area contributed by atoms with Gasteiger partial charge in [0.1, 0.15) is 0 Å². The molecule has 9 aromatic rings. The molecule has 0 bridgehead atoms. The Labute approximate surface area is 268 Å². The molecule has 0 nitrogen and oxygen atoms in total. The van der Waals surface area contributed by atoms with Crippen LogP contribution in [0.2, 0.25) is 0 Å². The largest absolute Gasteiger partial charge is 0.0622 e. The summed E-state index contributed by atoms with van der Waals surface area (Å²) in [6.45, 7) is 0. The third-order valence-electron chi connectivity index (χ3n) is 9.41. The van der Waals surface area contributed by atoms with E-state index in [0.717, 1.165) is 0 Å². The van der Waals surface area contributed by atoms with E-state index in [4.69, 9.17) is 0 Å². The molecule has 9 aromatic carbocycles. The third kappa shape index (κ3) is 4.47. The average molecular weight is 583 g/mol. The summed E-state index contributed by atoms with van der Waals surface area (Å²) in [5, 5.41) is 10.1. The number of hydrogen-bond acceptors (Lipinski definition) is 0. The van der Waals surface area contributed by atoms with Crippen LogP contribution in [0.1, 0.15) is 0 Å². The Morgan fingerprint density at radius 3 is 0.935 bits per heavy atom. The molecule has 0 N–H and O–H groups in total. The molecule has 0 heteroatoms. The van der Waals surface area contributed by atoms with Gasteiger partial charge in [0.05, 0.1) is 0 Å². The van der Waals surface area contributed by atoms with Gasteiger partial charge in [-0.2, -0.15) is 0 Å². The van der Waals surface area contributed by atoms with Crippen molar-refractivity contribution in [2.45, 2.75) is 0 Å². The SMILES string of the molecule is c1ccc(-c2ccc3ccc(-c4c(-c5ccc6ccc(-c7ccccc7)cc6c5)c5ccccc5c5ccccc45)cc3c2)cc1. The van der Waals surface area contributed by atoms with Crippen LogP contribution in [-0.2, 0) is 0 Å². The Kier molecular flexibility index (Phi) is 6.25. The van der Waals surface area contributed by atoms with E-state index in [0.29, 0.717) is 0 Å². The molecule has 0 aliphatic rings. The molecule has 9 rings (SSSR count). The maximum Gasteiger partial charge on any atom is -0.00201 e. The second kappa shape index (κ2) is 10.9. The van der Waals surface area contributed by atoms with E-state index in [2.05, 4.69) is 182 Å². The molecular weight excluding hydrogens is 553 g/mol. The normalized spacial score (nSPS) is 11.5. The summed E-state index contributed by atoms with van der Waals surface area (Å²) in [4.78, 5) is 0. The fourth-order valence-corrected chi connectivity index (χ4v) is 7.17. The summed E-state index contributed by atoms with van der Waals surface area (Å²) < 4.78 is 0. The highest BCUT2D eigenvalue weighted by Crippen LogP contribution is 2.45. The van der Waals surface area contributed by atoms with Crippen LogP contribution in [0.3, 0.4) is 0 Å². The topological polar surface area (TPSA) is 0 Å². The molecule has 0 atom stereocenters. The predicted octanol–water partition coefficient (Wildman–Crippen LogP) is 13.0. The number of rotatable bonds is 4. The Morgan fingerprint density at radius 1 is 0.196 bits per heavy atom. The highest BCUT2D eigenvalue weighted by molar-refractivity contribution is 6.22. The van der Waals surface area contributed by atoms with Crippen LogP contribution in [0.5, 0.6) is 0 Å². The van der Waals surface area contributed by atoms with Crippen LogP contribution in [0.15, 0.2) is 182 Å². The van der Waals surface area contributed by atoms with E-state index >= 15 is 0 Å². The van der Waals surface area contributed by atoms with Gasteiger partial charge in [-0.25, -0.2) is 0 Å². The number of fused-ring (bicyclic) bond motifs is 5. The van der Waals surface area contributed by atoms with Gasteiger partial charge < -0.3 is 0 Å². The van der Waals surface area contributed by atoms with Crippen molar-refractivity contribution >= 4 is 43.1 Å². The molecule has 0 radical (unpaired) electrons. The van der Waals surface area contributed by atoms with Crippen molar-refractivity contribution in [3.05, 3.63) is 182 Å². The van der Waals surface area contributed by atoms with Gasteiger partial charge in [-0.15, -0.1) is 0 Å². The van der Waals surface area contributed by atoms with Crippen LogP contribution < -0.4 is 0 Å². The second-order valence-corrected chi connectivity index (χ2v) is 12.1. The molecule has 0 heterocycles. The van der Waals surface area contributed by atoms with Gasteiger partial charge >= 0.3 is 0 Å². The highest BCUT2D eigenvalue weighted by atomic mass is 14.2. The second-order valence-electron chi connectivity index (χ2n) is 12.1. The van der Waals surface area contributed by atoms with Crippen LogP contribution in [0.25, 0.3) is 87.6 Å². The van der Waals surface area contributed by atoms with Crippen LogP contribution >= 0.6 is 0 Å². The summed E-state index contributed by atoms with van der Waals surface area (Å²) in [5.74, 6) is 0. The quantitative estimate of drug-likeness (QED) is 0.181. The lowest BCUT2D eigenvalue weighted by molar-refractivity contribution is 1.63. The summed E-state index contributed by atoms with van der Waals surface area (Å²) in [5.41, 5.74) is 9.95. The zero-order chi connectivity index (χ0) is 30.5. The van der Waals surface area contributed by atoms with Gasteiger partial charge in [0.2, 0.25) is 0 Å². The van der Waals surface area contributed by atoms with Gasteiger partial charge in [0.25, 0.3) is 0 Å². The molecule has 0 saturated carbocycles. The number of benzene rings is 9. The maximum atomic E-state index is 2.39. The van der Waals surface area contributed by atoms with Crippen molar-refractivity contribution in [3.63, 3.8) is 0 Å². The smallest absolute Gasteiger partial charge is 0.00201 e. The minimum Gasteiger partial charge on any atom is -0.0622 e. The van der Waals surface area contributed by atoms with E-state index in [1.54, 1.807) is 0 Å². The van der Waals surface area contributed by atoms with E-state index in [1.165, 1.54) is 87.6 Å². The first-order chi connectivity index (χ1) is 22.8. The Bertz CT molecular complexity index is 2380. The average Bonchev–Trinajstić information content (AvgIpc) is 3.14. The maximum absolute atomic E-state index is 2.39. The van der Waals surface area contributed by atoms with Crippen LogP contribution in [-0.4, -0.2) is 0 Å². The van der Waals surface area contributed by atoms with Crippen molar-refractivity contribution in [2.24, 2.45) is 0 Å². The van der Waals surface area contributed by atoms with E-state index < -0.39 is 0 Å². The first kappa shape index (κ1) is 26.4. The van der Waals surface area contributed by atoms with E-state index in [9.17, 15) is 0 Å². The first-order valence-corrected chi connectivity index (χ1v) is 15.9. The fraction of sp³-hybridized carbons (Fsp3) is 0. The molecule has 0 unspecified atom stereocenters. The van der Waals surface area contributed by atoms with Gasteiger partial charge in [-0.1, -0.05) is 158 Å². The van der Waals surface area contributed by atoms with Crippen molar-refractivity contribution in [1.29, 1.82) is 0 Å². The Morgan fingerprint density at radius 2 is 0.522 bits per heavy atom. The predicted molar refractivity (Wildman–Crippen MR) is 198 cm³/mol. The van der Waals surface area contributed by atoms with Gasteiger partial charge in [0.15, 0.2) is 0 Å². The Balaban J connectivity index is 1.32. The van der Waals surface area contributed by atoms with Gasteiger partial charge in [-0.05, 0) is 112 Å². The standard InChI is InChI=1S/C46H30/c1-3-11-31(12-4-1)35-23-19-33-21-25-37(29-39(33)27-35)45-43-17-9-7-15-41(43)42-16-8-10-18-44(42)46(45)38-26-22-34-20-24-36(28-40(34)30-38)32-13-5-2-6-14-32/h1-30H. The third-order valence-corrected chi connectivity index (χ3v) is 9.41. The zero-order valence-electron chi connectivity index (χ0n) is 25.3. The van der Waals surface area contributed by atoms with Crippen molar-refractivity contribution in [2.75, 3.05) is 0 Å². The van der Waals surface area contributed by atoms with Crippen molar-refractivity contribution < 1.29 is 0 Å². The van der Waals surface area contributed by atoms with Gasteiger partial charge in [0, 0.05) is 0 Å². The molecule has 0 saturated heterocycles. The lowest BCUT2D eigenvalue weighted by atomic mass is 9.84. The lowest BCUT2D eigenvalue weighted by Gasteiger charge is -2.19. The number of hydrogen-bond donors (Lipinski definition) is 0. The fourth-order valence-electron chi connectivity index (χ4n) is 7.17. The molecule has 0 aromatic heterocycles. The van der Waals surface area contributed by atoms with Crippen LogP contribution in [0, 0.1) is 0 Å². The van der Waals surface area contributed by atoms with Gasteiger partial charge in [-0.3, -0.25) is 0 Å². The lowest BCUT2D eigenvalue weighted by Crippen LogP contribution is -1.92. The monoisotopic (exact) mass is 582 g/mol. The van der Waals surface area contributed by atoms with E-state index in [-0.39, 0.29) is 0 Å². The van der Waals surface area contributed by atoms with Crippen LogP contribution in [0.4, 0.5) is 0 Å². The molecule has 0 aliphatic carbocycles. The summed E-state index contributed by atoms with van der Waals surface area (Å²) in [7, 11) is 0. The summed E-state index contributed by atoms with van der Waals surface area (Å²) in [6, 6.07) is 66.6.